The van der Waals surface area contributed by atoms with Gasteiger partial charge in [0.15, 0.2) is 0 Å². The number of hydrogen-bond donors (Lipinski definition) is 1. The van der Waals surface area contributed by atoms with Crippen LogP contribution in [0, 0.1) is 5.92 Å². The summed E-state index contributed by atoms with van der Waals surface area (Å²) in [6, 6.07) is 0.113. The summed E-state index contributed by atoms with van der Waals surface area (Å²) in [6.07, 6.45) is 11.9. The monoisotopic (exact) mass is 383 g/mol. The highest BCUT2D eigenvalue weighted by Crippen LogP contribution is 2.34. The Labute approximate surface area is 161 Å². The third-order valence-corrected chi connectivity index (χ3v) is 6.16. The number of ether oxygens (including phenoxy) is 1. The summed E-state index contributed by atoms with van der Waals surface area (Å²) < 4.78 is 4.63. The molecule has 1 amide bonds. The number of methoxy groups -OCH3 is 1. The van der Waals surface area contributed by atoms with Crippen LogP contribution < -0.4 is 0 Å². The zero-order valence-electron chi connectivity index (χ0n) is 15.9. The Balaban J connectivity index is 1.68. The molecule has 6 heteroatoms. The second-order valence-corrected chi connectivity index (χ2v) is 8.54. The molecule has 2 atom stereocenters. The molecule has 1 N–H and O–H groups in total. The minimum atomic E-state index is -0.387. The average Bonchev–Trinajstić information content (AvgIpc) is 3.46. The second kappa shape index (κ2) is 11.7. The summed E-state index contributed by atoms with van der Waals surface area (Å²) >= 11 is 1.77. The van der Waals surface area contributed by atoms with Crippen LogP contribution in [0.15, 0.2) is 12.2 Å². The van der Waals surface area contributed by atoms with E-state index in [0.29, 0.717) is 12.8 Å². The van der Waals surface area contributed by atoms with Gasteiger partial charge in [0.25, 0.3) is 0 Å². The van der Waals surface area contributed by atoms with Crippen LogP contribution in [0.2, 0.25) is 0 Å². The number of esters is 1. The molecule has 1 saturated carbocycles. The number of nitrogens with zero attached hydrogens (tertiary/aromatic N) is 1. The van der Waals surface area contributed by atoms with Crippen molar-refractivity contribution in [3.05, 3.63) is 12.2 Å². The number of likely N-dealkylation sites (tertiary alicyclic amines) is 1. The topological polar surface area (TPSA) is 66.8 Å². The van der Waals surface area contributed by atoms with Crippen molar-refractivity contribution in [1.82, 2.24) is 4.90 Å². The minimum absolute atomic E-state index is 0.113. The Morgan fingerprint density at radius 3 is 2.92 bits per heavy atom. The first-order valence-corrected chi connectivity index (χ1v) is 11.1. The van der Waals surface area contributed by atoms with E-state index in [2.05, 4.69) is 4.74 Å². The van der Waals surface area contributed by atoms with Crippen LogP contribution in [0.4, 0.5) is 0 Å². The third-order valence-electron chi connectivity index (χ3n) is 5.11. The maximum absolute atomic E-state index is 12.3. The molecule has 0 bridgehead atoms. The number of aliphatic hydroxyl groups excluding tert-OH is 1. The maximum Gasteiger partial charge on any atom is 0.305 e. The van der Waals surface area contributed by atoms with E-state index in [0.717, 1.165) is 56.1 Å². The van der Waals surface area contributed by atoms with Crippen molar-refractivity contribution < 1.29 is 19.4 Å². The van der Waals surface area contributed by atoms with Crippen LogP contribution in [0.1, 0.15) is 57.8 Å². The fraction of sp³-hybridized carbons (Fsp3) is 0.800. The summed E-state index contributed by atoms with van der Waals surface area (Å²) in [6.45, 7) is 0.731. The van der Waals surface area contributed by atoms with Gasteiger partial charge in [-0.1, -0.05) is 25.0 Å². The van der Waals surface area contributed by atoms with Gasteiger partial charge < -0.3 is 14.7 Å². The molecule has 0 aromatic heterocycles. The Morgan fingerprint density at radius 1 is 1.38 bits per heavy atom. The molecule has 1 unspecified atom stereocenters. The molecule has 1 heterocycles. The van der Waals surface area contributed by atoms with E-state index in [9.17, 15) is 14.7 Å². The molecule has 1 saturated heterocycles. The van der Waals surface area contributed by atoms with Crippen molar-refractivity contribution in [2.45, 2.75) is 69.9 Å². The van der Waals surface area contributed by atoms with Crippen molar-refractivity contribution in [2.75, 3.05) is 25.2 Å². The van der Waals surface area contributed by atoms with Gasteiger partial charge in [-0.3, -0.25) is 9.59 Å². The fourth-order valence-corrected chi connectivity index (χ4v) is 4.17. The summed E-state index contributed by atoms with van der Waals surface area (Å²) in [5, 5.41) is 10.1. The van der Waals surface area contributed by atoms with Crippen LogP contribution in [0.25, 0.3) is 0 Å². The molecule has 26 heavy (non-hydrogen) atoms. The molecule has 5 nitrogen and oxygen atoms in total. The van der Waals surface area contributed by atoms with E-state index in [1.54, 1.807) is 11.8 Å². The van der Waals surface area contributed by atoms with E-state index >= 15 is 0 Å². The van der Waals surface area contributed by atoms with Gasteiger partial charge in [-0.2, -0.15) is 11.8 Å². The SMILES string of the molecule is COC(=O)CCCSCCN1C(=O)CCC[C@@H]1/C=C/C(O)CCC1CC1. The van der Waals surface area contributed by atoms with Crippen LogP contribution in [0.5, 0.6) is 0 Å². The lowest BCUT2D eigenvalue weighted by molar-refractivity contribution is -0.140. The quantitative estimate of drug-likeness (QED) is 0.319. The molecule has 1 aliphatic heterocycles. The molecule has 2 aliphatic rings. The number of rotatable bonds is 12. The molecule has 1 aliphatic carbocycles. The van der Waals surface area contributed by atoms with Gasteiger partial charge in [0, 0.05) is 25.1 Å². The van der Waals surface area contributed by atoms with Gasteiger partial charge in [-0.15, -0.1) is 0 Å². The number of aliphatic hydroxyl groups is 1. The summed E-state index contributed by atoms with van der Waals surface area (Å²) in [5.74, 6) is 2.66. The third kappa shape index (κ3) is 8.12. The first-order valence-electron chi connectivity index (χ1n) is 9.90. The van der Waals surface area contributed by atoms with Gasteiger partial charge in [0.05, 0.1) is 19.3 Å². The lowest BCUT2D eigenvalue weighted by Crippen LogP contribution is -2.43. The zero-order valence-corrected chi connectivity index (χ0v) is 16.7. The molecule has 0 aromatic rings. The smallest absolute Gasteiger partial charge is 0.305 e. The van der Waals surface area contributed by atoms with E-state index in [1.165, 1.54) is 20.0 Å². The van der Waals surface area contributed by atoms with E-state index in [1.807, 2.05) is 17.1 Å². The fourth-order valence-electron chi connectivity index (χ4n) is 3.29. The predicted octanol–water partition coefficient (Wildman–Crippen LogP) is 3.16. The number of carbonyl (C=O) groups is 2. The van der Waals surface area contributed by atoms with Gasteiger partial charge in [-0.25, -0.2) is 0 Å². The number of piperidine rings is 1. The lowest BCUT2D eigenvalue weighted by Gasteiger charge is -2.34. The highest BCUT2D eigenvalue weighted by molar-refractivity contribution is 7.99. The van der Waals surface area contributed by atoms with Gasteiger partial charge >= 0.3 is 5.97 Å². The predicted molar refractivity (Wildman–Crippen MR) is 105 cm³/mol. The number of amides is 1. The van der Waals surface area contributed by atoms with Crippen LogP contribution in [-0.2, 0) is 14.3 Å². The van der Waals surface area contributed by atoms with E-state index in [-0.39, 0.29) is 24.0 Å². The van der Waals surface area contributed by atoms with Crippen molar-refractivity contribution in [1.29, 1.82) is 0 Å². The Kier molecular flexibility index (Phi) is 9.54. The average molecular weight is 384 g/mol. The second-order valence-electron chi connectivity index (χ2n) is 7.31. The number of thioether (sulfide) groups is 1. The normalized spacial score (nSPS) is 22.0. The number of hydrogen-bond acceptors (Lipinski definition) is 5. The molecular formula is C20H33NO4S. The molecule has 2 fully saturated rings. The Morgan fingerprint density at radius 2 is 2.19 bits per heavy atom. The first kappa shape index (κ1) is 21.3. The highest BCUT2D eigenvalue weighted by atomic mass is 32.2. The van der Waals surface area contributed by atoms with Crippen molar-refractivity contribution in [3.63, 3.8) is 0 Å². The minimum Gasteiger partial charge on any atom is -0.469 e. The van der Waals surface area contributed by atoms with E-state index < -0.39 is 0 Å². The summed E-state index contributed by atoms with van der Waals surface area (Å²) in [4.78, 5) is 25.3. The number of carbonyl (C=O) groups excluding carboxylic acids is 2. The van der Waals surface area contributed by atoms with Crippen LogP contribution in [-0.4, -0.2) is 59.2 Å². The molecule has 0 spiro atoms. The molecule has 148 valence electrons. The van der Waals surface area contributed by atoms with Crippen molar-refractivity contribution >= 4 is 23.6 Å². The highest BCUT2D eigenvalue weighted by Gasteiger charge is 2.26. The first-order chi connectivity index (χ1) is 12.6. The Bertz CT molecular complexity index is 478. The Hall–Kier alpha value is -1.01. The van der Waals surface area contributed by atoms with Gasteiger partial charge in [-0.05, 0) is 43.8 Å². The molecule has 0 aromatic carbocycles. The standard InChI is InChI=1S/C20H33NO4S/c1-25-20(24)6-3-14-26-15-13-21-17(4-2-5-19(21)23)10-12-18(22)11-9-16-7-8-16/h10,12,16-18,22H,2-9,11,13-15H2,1H3/b12-10+/t17-,18?/m1/s1. The van der Waals surface area contributed by atoms with Crippen molar-refractivity contribution in [2.24, 2.45) is 5.92 Å². The lowest BCUT2D eigenvalue weighted by atomic mass is 10.00. The van der Waals surface area contributed by atoms with Gasteiger partial charge in [0.1, 0.15) is 0 Å². The summed E-state index contributed by atoms with van der Waals surface area (Å²) in [7, 11) is 1.41. The molecule has 2 rings (SSSR count). The zero-order chi connectivity index (χ0) is 18.8. The molecular weight excluding hydrogens is 350 g/mol. The largest absolute Gasteiger partial charge is 0.469 e. The van der Waals surface area contributed by atoms with Crippen LogP contribution in [0.3, 0.4) is 0 Å². The molecule has 0 radical (unpaired) electrons. The van der Waals surface area contributed by atoms with Gasteiger partial charge in [0.2, 0.25) is 5.91 Å². The van der Waals surface area contributed by atoms with Crippen molar-refractivity contribution in [3.8, 4) is 0 Å². The van der Waals surface area contributed by atoms with Crippen LogP contribution >= 0.6 is 11.8 Å². The van der Waals surface area contributed by atoms with E-state index in [4.69, 9.17) is 0 Å². The maximum atomic E-state index is 12.3. The summed E-state index contributed by atoms with van der Waals surface area (Å²) in [5.41, 5.74) is 0.